The molecule has 4 nitrogen and oxygen atoms in total. The zero-order chi connectivity index (χ0) is 20.4. The highest BCUT2D eigenvalue weighted by Gasteiger charge is 2.20. The van der Waals surface area contributed by atoms with E-state index >= 15 is 0 Å². The van der Waals surface area contributed by atoms with Gasteiger partial charge in [-0.05, 0) is 26.2 Å². The Hall–Kier alpha value is -0.130. The van der Waals surface area contributed by atoms with Gasteiger partial charge in [-0.25, -0.2) is 0 Å². The fourth-order valence-corrected chi connectivity index (χ4v) is 4.70. The van der Waals surface area contributed by atoms with Crippen LogP contribution in [-0.4, -0.2) is 29.4 Å². The maximum absolute atomic E-state index is 11.3. The van der Waals surface area contributed by atoms with Crippen LogP contribution in [0.3, 0.4) is 0 Å². The molecule has 0 bridgehead atoms. The average molecular weight is 407 g/mol. The summed E-state index contributed by atoms with van der Waals surface area (Å²) in [7, 11) is -3.86. The lowest BCUT2D eigenvalue weighted by Gasteiger charge is -2.12. The summed E-state index contributed by atoms with van der Waals surface area (Å²) in [5.74, 6) is 0. The fraction of sp³-hybridized carbons (Fsp3) is 1.00. The van der Waals surface area contributed by atoms with E-state index in [2.05, 4.69) is 0 Å². The van der Waals surface area contributed by atoms with Crippen LogP contribution in [0.5, 0.6) is 0 Å². The van der Waals surface area contributed by atoms with Crippen LogP contribution in [0, 0.1) is 0 Å². The van der Waals surface area contributed by atoms with Crippen LogP contribution in [0.4, 0.5) is 0 Å². The molecule has 0 aliphatic rings. The normalized spacial score (nSPS) is 14.4. The molecule has 0 heterocycles. The first kappa shape index (κ1) is 26.9. The minimum absolute atomic E-state index is 0.139. The van der Waals surface area contributed by atoms with Gasteiger partial charge >= 0.3 is 0 Å². The summed E-state index contributed by atoms with van der Waals surface area (Å²) >= 11 is 0. The van der Waals surface area contributed by atoms with Crippen LogP contribution in [-0.2, 0) is 10.1 Å². The van der Waals surface area contributed by atoms with E-state index in [0.717, 1.165) is 32.1 Å². The molecule has 164 valence electrons. The second kappa shape index (κ2) is 17.9. The van der Waals surface area contributed by atoms with Gasteiger partial charge in [0.05, 0.1) is 11.4 Å². The lowest BCUT2D eigenvalue weighted by Crippen LogP contribution is -2.20. The summed E-state index contributed by atoms with van der Waals surface area (Å²) in [6, 6.07) is 0. The predicted molar refractivity (Wildman–Crippen MR) is 116 cm³/mol. The van der Waals surface area contributed by atoms with E-state index in [0.29, 0.717) is 12.8 Å². The van der Waals surface area contributed by atoms with Crippen LogP contribution < -0.4 is 0 Å². The minimum Gasteiger partial charge on any atom is -0.393 e. The molecule has 0 spiro atoms. The molecule has 0 saturated heterocycles. The monoisotopic (exact) mass is 406 g/mol. The Morgan fingerprint density at radius 3 is 1.26 bits per heavy atom. The Bertz CT molecular complexity index is 407. The van der Waals surface area contributed by atoms with E-state index in [9.17, 15) is 18.1 Å². The van der Waals surface area contributed by atoms with Crippen molar-refractivity contribution in [3.63, 3.8) is 0 Å². The first-order chi connectivity index (χ1) is 12.9. The van der Waals surface area contributed by atoms with E-state index in [-0.39, 0.29) is 6.10 Å². The predicted octanol–water partition coefficient (Wildman–Crippen LogP) is 6.67. The van der Waals surface area contributed by atoms with E-state index in [1.54, 1.807) is 0 Å². The molecule has 5 heteroatoms. The maximum atomic E-state index is 11.3. The molecule has 0 aromatic carbocycles. The number of aliphatic hydroxyl groups is 1. The van der Waals surface area contributed by atoms with Gasteiger partial charge in [0.15, 0.2) is 0 Å². The van der Waals surface area contributed by atoms with Crippen LogP contribution >= 0.6 is 0 Å². The molecule has 2 unspecified atom stereocenters. The van der Waals surface area contributed by atoms with E-state index in [4.69, 9.17) is 0 Å². The number of unbranched alkanes of at least 4 members (excludes halogenated alkanes) is 13. The molecule has 2 N–H and O–H groups in total. The molecular weight excluding hydrogens is 360 g/mol. The van der Waals surface area contributed by atoms with E-state index in [1.165, 1.54) is 70.6 Å². The van der Waals surface area contributed by atoms with Gasteiger partial charge in [-0.2, -0.15) is 8.42 Å². The molecule has 2 atom stereocenters. The Morgan fingerprint density at radius 2 is 0.963 bits per heavy atom. The third-order valence-corrected chi connectivity index (χ3v) is 6.74. The molecule has 0 aliphatic heterocycles. The van der Waals surface area contributed by atoms with Crippen molar-refractivity contribution in [3.05, 3.63) is 0 Å². The standard InChI is InChI=1S/C22H46O4S/c1-3-18-22(27(24,25)26)20-17-15-13-11-9-7-5-4-6-8-10-12-14-16-19-21(2)23/h21-23H,3-20H2,1-2H3,(H,24,25,26). The number of hydrogen-bond donors (Lipinski definition) is 2. The quantitative estimate of drug-likeness (QED) is 0.175. The lowest BCUT2D eigenvalue weighted by atomic mass is 10.0. The third-order valence-electron chi connectivity index (χ3n) is 5.43. The summed E-state index contributed by atoms with van der Waals surface area (Å²) in [6.45, 7) is 3.82. The highest BCUT2D eigenvalue weighted by Crippen LogP contribution is 2.17. The topological polar surface area (TPSA) is 74.6 Å². The van der Waals surface area contributed by atoms with E-state index in [1.807, 2.05) is 13.8 Å². The van der Waals surface area contributed by atoms with Crippen molar-refractivity contribution in [1.82, 2.24) is 0 Å². The van der Waals surface area contributed by atoms with Crippen LogP contribution in [0.15, 0.2) is 0 Å². The second-order valence-electron chi connectivity index (χ2n) is 8.30. The van der Waals surface area contributed by atoms with Crippen LogP contribution in [0.2, 0.25) is 0 Å². The van der Waals surface area contributed by atoms with Crippen molar-refractivity contribution in [2.45, 2.75) is 141 Å². The zero-order valence-corrected chi connectivity index (χ0v) is 18.8. The van der Waals surface area contributed by atoms with Crippen molar-refractivity contribution < 1.29 is 18.1 Å². The molecule has 0 saturated carbocycles. The summed E-state index contributed by atoms with van der Waals surface area (Å²) in [6.07, 6.45) is 20.2. The molecule has 0 rings (SSSR count). The molecule has 27 heavy (non-hydrogen) atoms. The van der Waals surface area contributed by atoms with Crippen molar-refractivity contribution >= 4 is 10.1 Å². The van der Waals surface area contributed by atoms with Gasteiger partial charge in [0.1, 0.15) is 0 Å². The minimum atomic E-state index is -3.86. The van der Waals surface area contributed by atoms with Gasteiger partial charge in [0, 0.05) is 0 Å². The van der Waals surface area contributed by atoms with Gasteiger partial charge < -0.3 is 5.11 Å². The first-order valence-corrected chi connectivity index (χ1v) is 13.0. The Kier molecular flexibility index (Phi) is 17.8. The Morgan fingerprint density at radius 1 is 0.630 bits per heavy atom. The Labute approximate surface area is 169 Å². The van der Waals surface area contributed by atoms with Crippen molar-refractivity contribution in [2.24, 2.45) is 0 Å². The summed E-state index contributed by atoms with van der Waals surface area (Å²) in [5.41, 5.74) is 0. The number of aliphatic hydroxyl groups excluding tert-OH is 1. The Balaban J connectivity index is 3.29. The first-order valence-electron chi connectivity index (χ1n) is 11.5. The zero-order valence-electron chi connectivity index (χ0n) is 18.0. The third kappa shape index (κ3) is 19.0. The highest BCUT2D eigenvalue weighted by atomic mass is 32.2. The van der Waals surface area contributed by atoms with Gasteiger partial charge in [-0.15, -0.1) is 0 Å². The van der Waals surface area contributed by atoms with Crippen molar-refractivity contribution in [3.8, 4) is 0 Å². The van der Waals surface area contributed by atoms with Gasteiger partial charge in [-0.1, -0.05) is 103 Å². The molecule has 0 amide bonds. The maximum Gasteiger partial charge on any atom is 0.267 e. The fourth-order valence-electron chi connectivity index (χ4n) is 3.70. The molecular formula is C22H46O4S. The molecule has 0 radical (unpaired) electrons. The molecule has 0 aliphatic carbocycles. The van der Waals surface area contributed by atoms with Crippen molar-refractivity contribution in [2.75, 3.05) is 0 Å². The number of hydrogen-bond acceptors (Lipinski definition) is 3. The van der Waals surface area contributed by atoms with Crippen LogP contribution in [0.1, 0.15) is 129 Å². The second-order valence-corrected chi connectivity index (χ2v) is 10.00. The summed E-state index contributed by atoms with van der Waals surface area (Å²) < 4.78 is 31.7. The van der Waals surface area contributed by atoms with Crippen molar-refractivity contribution in [1.29, 1.82) is 0 Å². The largest absolute Gasteiger partial charge is 0.393 e. The van der Waals surface area contributed by atoms with Gasteiger partial charge in [0.2, 0.25) is 0 Å². The summed E-state index contributed by atoms with van der Waals surface area (Å²) in [4.78, 5) is 0. The van der Waals surface area contributed by atoms with Gasteiger partial charge in [0.25, 0.3) is 10.1 Å². The molecule has 0 fully saturated rings. The smallest absolute Gasteiger partial charge is 0.267 e. The number of rotatable bonds is 20. The van der Waals surface area contributed by atoms with E-state index < -0.39 is 15.4 Å². The average Bonchev–Trinajstić information content (AvgIpc) is 2.59. The molecule has 0 aromatic heterocycles. The lowest BCUT2D eigenvalue weighted by molar-refractivity contribution is 0.180. The molecule has 0 aromatic rings. The van der Waals surface area contributed by atoms with Gasteiger partial charge in [-0.3, -0.25) is 4.55 Å². The highest BCUT2D eigenvalue weighted by molar-refractivity contribution is 7.86. The SMILES string of the molecule is CCCC(CCCCCCCCCCCCCCCCC(C)O)S(=O)(=O)O. The summed E-state index contributed by atoms with van der Waals surface area (Å²) in [5, 5.41) is 8.64. The van der Waals surface area contributed by atoms with Crippen LogP contribution in [0.25, 0.3) is 0 Å².